The van der Waals surface area contributed by atoms with Gasteiger partial charge in [-0.1, -0.05) is 29.8 Å². The van der Waals surface area contributed by atoms with Crippen LogP contribution in [0.5, 0.6) is 0 Å². The maximum atomic E-state index is 12.5. The number of carboxylic acids is 1. The van der Waals surface area contributed by atoms with Crippen molar-refractivity contribution in [1.29, 1.82) is 0 Å². The Kier molecular flexibility index (Phi) is 6.30. The summed E-state index contributed by atoms with van der Waals surface area (Å²) in [4.78, 5) is 27.8. The second kappa shape index (κ2) is 8.67. The fourth-order valence-corrected chi connectivity index (χ4v) is 4.24. The number of nitrogens with zero attached hydrogens (tertiary/aromatic N) is 2. The summed E-state index contributed by atoms with van der Waals surface area (Å²) in [6.45, 7) is 6.20. The fourth-order valence-electron chi connectivity index (χ4n) is 4.24. The standard InChI is InChI=1S/C21H30N2O3/c1-16-4-2-5-18(14-16)19-6-3-10-22(15-19)11-9-20(24)23-12-7-17(8-13-23)21(25)26/h2,4-5,14,17,19H,3,6-13,15H2,1H3,(H,25,26). The molecule has 0 spiro atoms. The molecule has 5 nitrogen and oxygen atoms in total. The Hall–Kier alpha value is -1.88. The van der Waals surface area contributed by atoms with E-state index >= 15 is 0 Å². The molecule has 2 saturated heterocycles. The lowest BCUT2D eigenvalue weighted by Crippen LogP contribution is -2.42. The van der Waals surface area contributed by atoms with Gasteiger partial charge in [-0.3, -0.25) is 9.59 Å². The fraction of sp³-hybridized carbons (Fsp3) is 0.619. The average Bonchev–Trinajstić information content (AvgIpc) is 2.66. The molecule has 2 heterocycles. The lowest BCUT2D eigenvalue weighted by molar-refractivity contribution is -0.145. The highest BCUT2D eigenvalue weighted by Gasteiger charge is 2.27. The average molecular weight is 358 g/mol. The topological polar surface area (TPSA) is 60.9 Å². The minimum Gasteiger partial charge on any atom is -0.481 e. The first kappa shape index (κ1) is 18.9. The molecule has 26 heavy (non-hydrogen) atoms. The molecule has 1 unspecified atom stereocenters. The quantitative estimate of drug-likeness (QED) is 0.879. The molecule has 1 atom stereocenters. The Bertz CT molecular complexity index is 638. The van der Waals surface area contributed by atoms with Crippen LogP contribution in [0.25, 0.3) is 0 Å². The van der Waals surface area contributed by atoms with Gasteiger partial charge >= 0.3 is 5.97 Å². The van der Waals surface area contributed by atoms with Gasteiger partial charge in [-0.15, -0.1) is 0 Å². The van der Waals surface area contributed by atoms with E-state index in [2.05, 4.69) is 36.1 Å². The van der Waals surface area contributed by atoms with Gasteiger partial charge in [0.1, 0.15) is 0 Å². The van der Waals surface area contributed by atoms with Gasteiger partial charge in [-0.05, 0) is 50.6 Å². The molecule has 0 radical (unpaired) electrons. The lowest BCUT2D eigenvalue weighted by atomic mass is 9.90. The Morgan fingerprint density at radius 2 is 1.92 bits per heavy atom. The SMILES string of the molecule is Cc1cccc(C2CCCN(CCC(=O)N3CCC(C(=O)O)CC3)C2)c1. The van der Waals surface area contributed by atoms with Crippen LogP contribution in [0.2, 0.25) is 0 Å². The molecule has 1 amide bonds. The number of carboxylic acid groups (broad SMARTS) is 1. The minimum absolute atomic E-state index is 0.173. The number of hydrogen-bond donors (Lipinski definition) is 1. The van der Waals surface area contributed by atoms with Crippen molar-refractivity contribution in [3.05, 3.63) is 35.4 Å². The molecule has 3 rings (SSSR count). The summed E-state index contributed by atoms with van der Waals surface area (Å²) in [5, 5.41) is 9.06. The summed E-state index contributed by atoms with van der Waals surface area (Å²) in [6.07, 6.45) is 4.10. The van der Waals surface area contributed by atoms with E-state index in [1.807, 2.05) is 4.90 Å². The number of carbonyl (C=O) groups excluding carboxylic acids is 1. The highest BCUT2D eigenvalue weighted by atomic mass is 16.4. The van der Waals surface area contributed by atoms with E-state index in [4.69, 9.17) is 5.11 Å². The highest BCUT2D eigenvalue weighted by molar-refractivity contribution is 5.77. The van der Waals surface area contributed by atoms with E-state index < -0.39 is 5.97 Å². The number of amides is 1. The van der Waals surface area contributed by atoms with Gasteiger partial charge < -0.3 is 14.9 Å². The first-order chi connectivity index (χ1) is 12.5. The smallest absolute Gasteiger partial charge is 0.306 e. The molecule has 0 aromatic heterocycles. The number of aryl methyl sites for hydroxylation is 1. The van der Waals surface area contributed by atoms with Crippen LogP contribution < -0.4 is 0 Å². The number of likely N-dealkylation sites (tertiary alicyclic amines) is 2. The van der Waals surface area contributed by atoms with Crippen molar-refractivity contribution in [3.8, 4) is 0 Å². The van der Waals surface area contributed by atoms with E-state index in [-0.39, 0.29) is 11.8 Å². The first-order valence-electron chi connectivity index (χ1n) is 9.82. The van der Waals surface area contributed by atoms with Crippen molar-refractivity contribution in [2.24, 2.45) is 5.92 Å². The molecule has 1 N–H and O–H groups in total. The minimum atomic E-state index is -0.729. The van der Waals surface area contributed by atoms with Gasteiger partial charge in [0, 0.05) is 32.6 Å². The Morgan fingerprint density at radius 1 is 1.15 bits per heavy atom. The molecule has 1 aromatic rings. The van der Waals surface area contributed by atoms with Crippen LogP contribution in [0.15, 0.2) is 24.3 Å². The van der Waals surface area contributed by atoms with Crippen LogP contribution in [0.3, 0.4) is 0 Å². The van der Waals surface area contributed by atoms with Crippen molar-refractivity contribution in [2.75, 3.05) is 32.7 Å². The van der Waals surface area contributed by atoms with E-state index in [1.54, 1.807) is 0 Å². The number of piperidine rings is 2. The largest absolute Gasteiger partial charge is 0.481 e. The van der Waals surface area contributed by atoms with Gasteiger partial charge in [-0.25, -0.2) is 0 Å². The molecule has 5 heteroatoms. The zero-order valence-electron chi connectivity index (χ0n) is 15.7. The van der Waals surface area contributed by atoms with Crippen molar-refractivity contribution >= 4 is 11.9 Å². The second-order valence-electron chi connectivity index (χ2n) is 7.80. The van der Waals surface area contributed by atoms with Crippen molar-refractivity contribution < 1.29 is 14.7 Å². The van der Waals surface area contributed by atoms with Crippen LogP contribution in [0, 0.1) is 12.8 Å². The molecular weight excluding hydrogens is 328 g/mol. The Labute approximate surface area is 156 Å². The van der Waals surface area contributed by atoms with Crippen LogP contribution in [0.1, 0.15) is 49.1 Å². The van der Waals surface area contributed by atoms with Crippen molar-refractivity contribution in [1.82, 2.24) is 9.80 Å². The van der Waals surface area contributed by atoms with Gasteiger partial charge in [0.05, 0.1) is 5.92 Å². The van der Waals surface area contributed by atoms with Gasteiger partial charge in [0.25, 0.3) is 0 Å². The predicted molar refractivity (Wildman–Crippen MR) is 101 cm³/mol. The molecule has 0 bridgehead atoms. The van der Waals surface area contributed by atoms with Gasteiger partial charge in [0.2, 0.25) is 5.91 Å². The maximum absolute atomic E-state index is 12.5. The van der Waals surface area contributed by atoms with Crippen LogP contribution in [-0.2, 0) is 9.59 Å². The molecular formula is C21H30N2O3. The third-order valence-electron chi connectivity index (χ3n) is 5.86. The van der Waals surface area contributed by atoms with Crippen molar-refractivity contribution in [3.63, 3.8) is 0 Å². The van der Waals surface area contributed by atoms with E-state index in [9.17, 15) is 9.59 Å². The lowest BCUT2D eigenvalue weighted by Gasteiger charge is -2.34. The summed E-state index contributed by atoms with van der Waals surface area (Å²) in [5.41, 5.74) is 2.72. The van der Waals surface area contributed by atoms with Gasteiger partial charge in [-0.2, -0.15) is 0 Å². The molecule has 1 aromatic carbocycles. The molecule has 2 fully saturated rings. The normalized spacial score (nSPS) is 22.3. The summed E-state index contributed by atoms with van der Waals surface area (Å²) >= 11 is 0. The Balaban J connectivity index is 1.46. The van der Waals surface area contributed by atoms with Crippen molar-refractivity contribution in [2.45, 2.75) is 44.9 Å². The van der Waals surface area contributed by atoms with E-state index in [0.717, 1.165) is 19.6 Å². The third-order valence-corrected chi connectivity index (χ3v) is 5.86. The second-order valence-corrected chi connectivity index (χ2v) is 7.80. The summed E-state index contributed by atoms with van der Waals surface area (Å²) in [7, 11) is 0. The molecule has 142 valence electrons. The molecule has 2 aliphatic heterocycles. The van der Waals surface area contributed by atoms with Crippen LogP contribution in [0.4, 0.5) is 0 Å². The number of benzene rings is 1. The van der Waals surface area contributed by atoms with E-state index in [0.29, 0.717) is 38.3 Å². The number of aliphatic carboxylic acids is 1. The molecule has 0 aliphatic carbocycles. The molecule has 2 aliphatic rings. The highest BCUT2D eigenvalue weighted by Crippen LogP contribution is 2.27. The van der Waals surface area contributed by atoms with Crippen LogP contribution in [-0.4, -0.2) is 59.5 Å². The zero-order valence-corrected chi connectivity index (χ0v) is 15.7. The summed E-state index contributed by atoms with van der Waals surface area (Å²) < 4.78 is 0. The first-order valence-corrected chi connectivity index (χ1v) is 9.82. The monoisotopic (exact) mass is 358 g/mol. The number of hydrogen-bond acceptors (Lipinski definition) is 3. The molecule has 0 saturated carbocycles. The van der Waals surface area contributed by atoms with E-state index in [1.165, 1.54) is 24.0 Å². The number of rotatable bonds is 5. The third kappa shape index (κ3) is 4.85. The Morgan fingerprint density at radius 3 is 2.62 bits per heavy atom. The maximum Gasteiger partial charge on any atom is 0.306 e. The summed E-state index contributed by atoms with van der Waals surface area (Å²) in [5.74, 6) is -0.277. The summed E-state index contributed by atoms with van der Waals surface area (Å²) in [6, 6.07) is 8.77. The van der Waals surface area contributed by atoms with Gasteiger partial charge in [0.15, 0.2) is 0 Å². The number of carbonyl (C=O) groups is 2. The van der Waals surface area contributed by atoms with Crippen LogP contribution >= 0.6 is 0 Å². The zero-order chi connectivity index (χ0) is 18.5. The predicted octanol–water partition coefficient (Wildman–Crippen LogP) is 2.89.